The number of benzene rings is 1. The number of hydrogen-bond donors (Lipinski definition) is 0. The van der Waals surface area contributed by atoms with Crippen LogP contribution in [-0.2, 0) is 4.74 Å². The molecule has 3 fully saturated rings. The molecule has 5 atom stereocenters. The molecule has 2 heterocycles. The molecule has 5 rings (SSSR count). The van der Waals surface area contributed by atoms with Crippen LogP contribution in [0.5, 0.6) is 0 Å². The van der Waals surface area contributed by atoms with Gasteiger partial charge in [-0.3, -0.25) is 4.90 Å². The van der Waals surface area contributed by atoms with Gasteiger partial charge in [-0.1, -0.05) is 24.6 Å². The molecular formula is C30H33F9N2O. The minimum atomic E-state index is -5.49. The van der Waals surface area contributed by atoms with Crippen LogP contribution in [0.15, 0.2) is 24.3 Å². The van der Waals surface area contributed by atoms with Crippen molar-refractivity contribution < 1.29 is 44.3 Å². The lowest BCUT2D eigenvalue weighted by atomic mass is 9.73. The van der Waals surface area contributed by atoms with Crippen molar-refractivity contribution in [1.82, 2.24) is 4.90 Å². The molecule has 1 saturated carbocycles. The van der Waals surface area contributed by atoms with E-state index in [1.165, 1.54) is 12.1 Å². The van der Waals surface area contributed by atoms with E-state index in [0.29, 0.717) is 24.5 Å². The van der Waals surface area contributed by atoms with Gasteiger partial charge in [0.15, 0.2) is 5.60 Å². The number of rotatable bonds is 4. The molecule has 4 aliphatic rings. The summed E-state index contributed by atoms with van der Waals surface area (Å²) in [6, 6.07) is 6.43. The number of halogens is 9. The van der Waals surface area contributed by atoms with E-state index >= 15 is 0 Å². The molecular weight excluding hydrogens is 575 g/mol. The van der Waals surface area contributed by atoms with Gasteiger partial charge in [-0.25, -0.2) is 0 Å². The van der Waals surface area contributed by atoms with Crippen molar-refractivity contribution in [2.75, 3.05) is 0 Å². The molecule has 2 saturated heterocycles. The van der Waals surface area contributed by atoms with Gasteiger partial charge in [-0.15, -0.1) is 0 Å². The first-order valence-electron chi connectivity index (χ1n) is 14.4. The molecule has 2 aliphatic heterocycles. The fourth-order valence-corrected chi connectivity index (χ4v) is 7.76. The molecule has 1 aromatic rings. The lowest BCUT2D eigenvalue weighted by Gasteiger charge is -2.50. The Morgan fingerprint density at radius 2 is 1.52 bits per heavy atom. The Labute approximate surface area is 238 Å². The third kappa shape index (κ3) is 5.68. The second-order valence-corrected chi connectivity index (χ2v) is 12.3. The lowest BCUT2D eigenvalue weighted by molar-refractivity contribution is -0.316. The Morgan fingerprint density at radius 3 is 2.05 bits per heavy atom. The monoisotopic (exact) mass is 608 g/mol. The molecule has 12 heteroatoms. The highest BCUT2D eigenvalue weighted by Gasteiger charge is 2.69. The molecule has 3 nitrogen and oxygen atoms in total. The van der Waals surface area contributed by atoms with Crippen molar-refractivity contribution in [1.29, 1.82) is 5.26 Å². The smallest absolute Gasteiger partial charge is 0.357 e. The molecule has 0 aromatic heterocycles. The zero-order valence-corrected chi connectivity index (χ0v) is 23.0. The first kappa shape index (κ1) is 31.2. The Bertz CT molecular complexity index is 1200. The molecule has 2 aliphatic carbocycles. The number of alkyl halides is 9. The van der Waals surface area contributed by atoms with Gasteiger partial charge in [0.25, 0.3) is 0 Å². The van der Waals surface area contributed by atoms with Crippen molar-refractivity contribution in [3.63, 3.8) is 0 Å². The van der Waals surface area contributed by atoms with Crippen LogP contribution in [0.3, 0.4) is 0 Å². The van der Waals surface area contributed by atoms with Gasteiger partial charge in [-0.05, 0) is 87.1 Å². The summed E-state index contributed by atoms with van der Waals surface area (Å²) in [4.78, 5) is 2.30. The molecule has 0 amide bonds. The van der Waals surface area contributed by atoms with Crippen LogP contribution in [0.25, 0.3) is 6.08 Å². The second kappa shape index (κ2) is 11.0. The van der Waals surface area contributed by atoms with Gasteiger partial charge in [0.1, 0.15) is 5.92 Å². The number of nitrogens with zero attached hydrogens (tertiary/aromatic N) is 2. The maximum atomic E-state index is 14.6. The summed E-state index contributed by atoms with van der Waals surface area (Å²) >= 11 is 0. The van der Waals surface area contributed by atoms with Crippen molar-refractivity contribution in [2.45, 2.75) is 119 Å². The molecule has 0 spiro atoms. The molecule has 42 heavy (non-hydrogen) atoms. The summed E-state index contributed by atoms with van der Waals surface area (Å²) in [6.45, 7) is 1.92. The first-order valence-corrected chi connectivity index (χ1v) is 14.4. The molecule has 5 unspecified atom stereocenters. The van der Waals surface area contributed by atoms with E-state index in [9.17, 15) is 44.8 Å². The lowest BCUT2D eigenvalue weighted by Crippen LogP contribution is -2.58. The third-order valence-corrected chi connectivity index (χ3v) is 9.77. The van der Waals surface area contributed by atoms with Crippen molar-refractivity contribution in [3.8, 4) is 6.07 Å². The highest BCUT2D eigenvalue weighted by Crippen LogP contribution is 2.57. The second-order valence-electron chi connectivity index (χ2n) is 12.3. The Hall–Kier alpha value is -2.26. The van der Waals surface area contributed by atoms with E-state index in [-0.39, 0.29) is 29.6 Å². The number of hydrogen-bond acceptors (Lipinski definition) is 3. The predicted molar refractivity (Wildman–Crippen MR) is 136 cm³/mol. The van der Waals surface area contributed by atoms with Gasteiger partial charge < -0.3 is 4.74 Å². The summed E-state index contributed by atoms with van der Waals surface area (Å²) < 4.78 is 132. The first-order chi connectivity index (χ1) is 19.5. The molecule has 1 aromatic carbocycles. The SMILES string of the molecule is CC(c1ccc2c(c1)C=CC(OC1CCC(C(F)(F)F)CC1)(C(F)(F)F)C2C(F)(F)F)N1C2CCCC1CC(C#N)C2. The fraction of sp³-hybridized carbons (Fsp3) is 0.700. The largest absolute Gasteiger partial charge is 0.422 e. The third-order valence-electron chi connectivity index (χ3n) is 9.77. The van der Waals surface area contributed by atoms with Crippen LogP contribution in [0.4, 0.5) is 39.5 Å². The van der Waals surface area contributed by atoms with Crippen LogP contribution in [0.2, 0.25) is 0 Å². The summed E-state index contributed by atoms with van der Waals surface area (Å²) in [7, 11) is 0. The summed E-state index contributed by atoms with van der Waals surface area (Å²) in [6.07, 6.45) is -13.0. The van der Waals surface area contributed by atoms with Crippen molar-refractivity contribution in [3.05, 3.63) is 41.0 Å². The van der Waals surface area contributed by atoms with Crippen LogP contribution >= 0.6 is 0 Å². The van der Waals surface area contributed by atoms with Gasteiger partial charge >= 0.3 is 18.5 Å². The van der Waals surface area contributed by atoms with E-state index in [4.69, 9.17) is 4.74 Å². The van der Waals surface area contributed by atoms with Gasteiger partial charge in [-0.2, -0.15) is 44.8 Å². The summed E-state index contributed by atoms with van der Waals surface area (Å²) in [5, 5.41) is 9.45. The minimum Gasteiger partial charge on any atom is -0.357 e. The zero-order valence-electron chi connectivity index (χ0n) is 23.0. The number of ether oxygens (including phenoxy) is 1. The van der Waals surface area contributed by atoms with E-state index < -0.39 is 73.3 Å². The van der Waals surface area contributed by atoms with E-state index in [2.05, 4.69) is 11.0 Å². The highest BCUT2D eigenvalue weighted by molar-refractivity contribution is 5.63. The van der Waals surface area contributed by atoms with Gasteiger partial charge in [0.05, 0.1) is 18.1 Å². The maximum Gasteiger partial charge on any atom is 0.422 e. The molecule has 2 bridgehead atoms. The van der Waals surface area contributed by atoms with Crippen molar-refractivity contribution >= 4 is 6.08 Å². The topological polar surface area (TPSA) is 36.3 Å². The fourth-order valence-electron chi connectivity index (χ4n) is 7.76. The summed E-state index contributed by atoms with van der Waals surface area (Å²) in [5.41, 5.74) is -3.68. The molecule has 0 radical (unpaired) electrons. The molecule has 0 N–H and O–H groups in total. The number of nitriles is 1. The number of piperidine rings is 2. The van der Waals surface area contributed by atoms with Crippen LogP contribution in [0.1, 0.15) is 93.4 Å². The van der Waals surface area contributed by atoms with Crippen LogP contribution in [-0.4, -0.2) is 47.2 Å². The van der Waals surface area contributed by atoms with Gasteiger partial charge in [0, 0.05) is 24.0 Å². The number of fused-ring (bicyclic) bond motifs is 3. The normalized spacial score (nSPS) is 34.9. The standard InChI is InChI=1S/C30H33F9N2O/c1-17(41-22-3-2-4-23(41)14-18(13-22)16-40)19-5-10-25-20(15-19)11-12-27(30(37,38)39,26(25)29(34,35)36)42-24-8-6-21(7-9-24)28(31,32)33/h5,10-12,15,17-18,21-24,26H,2-4,6-9,13-14H2,1H3. The molecule has 232 valence electrons. The maximum absolute atomic E-state index is 14.6. The highest BCUT2D eigenvalue weighted by atomic mass is 19.4. The Kier molecular flexibility index (Phi) is 8.18. The zero-order chi connectivity index (χ0) is 30.7. The average molecular weight is 609 g/mol. The van der Waals surface area contributed by atoms with Crippen molar-refractivity contribution in [2.24, 2.45) is 11.8 Å². The quantitative estimate of drug-likeness (QED) is 0.320. The van der Waals surface area contributed by atoms with Crippen LogP contribution < -0.4 is 0 Å². The minimum absolute atomic E-state index is 0.00278. The van der Waals surface area contributed by atoms with E-state index in [1.807, 2.05) is 6.92 Å². The predicted octanol–water partition coefficient (Wildman–Crippen LogP) is 9.02. The Balaban J connectivity index is 1.46. The summed E-state index contributed by atoms with van der Waals surface area (Å²) in [5.74, 6) is -4.85. The van der Waals surface area contributed by atoms with Gasteiger partial charge in [0.2, 0.25) is 0 Å². The Morgan fingerprint density at radius 1 is 0.905 bits per heavy atom. The van der Waals surface area contributed by atoms with E-state index in [0.717, 1.165) is 31.4 Å². The van der Waals surface area contributed by atoms with Crippen LogP contribution in [0, 0.1) is 23.2 Å². The van der Waals surface area contributed by atoms with E-state index in [1.54, 1.807) is 0 Å². The average Bonchev–Trinajstić information content (AvgIpc) is 2.90.